The standard InChI is InChI=1S/C24H25N3O2/c1-16-7-8-18(29-15-17-9-13-25-17)14-20(16)23(28)27-24(10-11-24)21-5-2-6-22-19(21)4-3-12-26-22/h2-8,12,14,17,25H,9-11,13,15H2,1H3,(H,27,28)/t17-/m1/s1. The van der Waals surface area contributed by atoms with Gasteiger partial charge in [0.05, 0.1) is 11.1 Å². The van der Waals surface area contributed by atoms with Gasteiger partial charge in [-0.25, -0.2) is 0 Å². The summed E-state index contributed by atoms with van der Waals surface area (Å²) in [6, 6.07) is 16.4. The Bertz CT molecular complexity index is 1070. The van der Waals surface area contributed by atoms with Crippen LogP contribution in [0.5, 0.6) is 5.75 Å². The number of fused-ring (bicyclic) bond motifs is 1. The molecule has 2 aromatic carbocycles. The Morgan fingerprint density at radius 3 is 2.86 bits per heavy atom. The summed E-state index contributed by atoms with van der Waals surface area (Å²) in [7, 11) is 0. The number of benzene rings is 2. The monoisotopic (exact) mass is 387 g/mol. The van der Waals surface area contributed by atoms with Gasteiger partial charge in [-0.15, -0.1) is 0 Å². The summed E-state index contributed by atoms with van der Waals surface area (Å²) in [5.74, 6) is 0.696. The van der Waals surface area contributed by atoms with Gasteiger partial charge >= 0.3 is 0 Å². The Morgan fingerprint density at radius 1 is 1.24 bits per heavy atom. The van der Waals surface area contributed by atoms with Gasteiger partial charge in [0.2, 0.25) is 0 Å². The molecule has 1 aliphatic heterocycles. The second kappa shape index (κ2) is 7.16. The van der Waals surface area contributed by atoms with Gasteiger partial charge in [0.15, 0.2) is 0 Å². The minimum absolute atomic E-state index is 0.0480. The summed E-state index contributed by atoms with van der Waals surface area (Å²) in [4.78, 5) is 17.7. The van der Waals surface area contributed by atoms with Gasteiger partial charge in [-0.2, -0.15) is 0 Å². The van der Waals surface area contributed by atoms with E-state index in [4.69, 9.17) is 4.74 Å². The van der Waals surface area contributed by atoms with E-state index in [9.17, 15) is 4.79 Å². The van der Waals surface area contributed by atoms with Crippen LogP contribution in [0.1, 0.15) is 40.7 Å². The molecule has 5 rings (SSSR count). The third-order valence-electron chi connectivity index (χ3n) is 6.09. The van der Waals surface area contributed by atoms with Crippen molar-refractivity contribution >= 4 is 16.8 Å². The predicted molar refractivity (Wildman–Crippen MR) is 113 cm³/mol. The van der Waals surface area contributed by atoms with E-state index in [-0.39, 0.29) is 11.4 Å². The summed E-state index contributed by atoms with van der Waals surface area (Å²) >= 11 is 0. The number of carbonyl (C=O) groups is 1. The molecule has 1 aromatic heterocycles. The van der Waals surface area contributed by atoms with E-state index < -0.39 is 0 Å². The number of aryl methyl sites for hydroxylation is 1. The SMILES string of the molecule is Cc1ccc(OC[C@H]2CCN2)cc1C(=O)NC1(c2cccc3ncccc23)CC1. The molecule has 0 spiro atoms. The molecule has 0 bridgehead atoms. The molecule has 1 atom stereocenters. The highest BCUT2D eigenvalue weighted by Gasteiger charge is 2.46. The zero-order valence-electron chi connectivity index (χ0n) is 16.6. The predicted octanol–water partition coefficient (Wildman–Crippen LogP) is 3.70. The summed E-state index contributed by atoms with van der Waals surface area (Å²) in [5, 5.41) is 7.75. The van der Waals surface area contributed by atoms with E-state index in [0.29, 0.717) is 18.2 Å². The van der Waals surface area contributed by atoms with Crippen molar-refractivity contribution in [3.05, 3.63) is 71.4 Å². The Hall–Kier alpha value is -2.92. The number of nitrogens with zero attached hydrogens (tertiary/aromatic N) is 1. The van der Waals surface area contributed by atoms with Crippen molar-refractivity contribution in [1.82, 2.24) is 15.6 Å². The maximum Gasteiger partial charge on any atom is 0.252 e. The lowest BCUT2D eigenvalue weighted by Crippen LogP contribution is -2.46. The van der Waals surface area contributed by atoms with Gasteiger partial charge in [-0.1, -0.05) is 24.3 Å². The average molecular weight is 387 g/mol. The second-order valence-corrected chi connectivity index (χ2v) is 8.14. The maximum atomic E-state index is 13.2. The van der Waals surface area contributed by atoms with Crippen molar-refractivity contribution in [3.63, 3.8) is 0 Å². The van der Waals surface area contributed by atoms with E-state index >= 15 is 0 Å². The molecule has 3 aromatic rings. The largest absolute Gasteiger partial charge is 0.492 e. The molecule has 1 saturated carbocycles. The van der Waals surface area contributed by atoms with Crippen LogP contribution in [0.4, 0.5) is 0 Å². The number of pyridine rings is 1. The first-order valence-electron chi connectivity index (χ1n) is 10.3. The third kappa shape index (κ3) is 3.47. The highest BCUT2D eigenvalue weighted by molar-refractivity contribution is 5.97. The smallest absolute Gasteiger partial charge is 0.252 e. The fraction of sp³-hybridized carbons (Fsp3) is 0.333. The number of hydrogen-bond acceptors (Lipinski definition) is 4. The zero-order valence-corrected chi connectivity index (χ0v) is 16.6. The fourth-order valence-corrected chi connectivity index (χ4v) is 4.02. The Morgan fingerprint density at radius 2 is 2.10 bits per heavy atom. The van der Waals surface area contributed by atoms with Gasteiger partial charge < -0.3 is 15.4 Å². The van der Waals surface area contributed by atoms with Crippen molar-refractivity contribution < 1.29 is 9.53 Å². The number of amides is 1. The molecule has 2 heterocycles. The van der Waals surface area contributed by atoms with Crippen molar-refractivity contribution in [3.8, 4) is 5.75 Å². The van der Waals surface area contributed by atoms with E-state index in [1.165, 1.54) is 0 Å². The van der Waals surface area contributed by atoms with Crippen LogP contribution in [0.25, 0.3) is 10.9 Å². The van der Waals surface area contributed by atoms with Crippen molar-refractivity contribution in [2.45, 2.75) is 37.8 Å². The quantitative estimate of drug-likeness (QED) is 0.677. The van der Waals surface area contributed by atoms with Crippen LogP contribution in [0, 0.1) is 6.92 Å². The molecule has 1 amide bonds. The van der Waals surface area contributed by atoms with Gasteiger partial charge in [0.25, 0.3) is 5.91 Å². The van der Waals surface area contributed by atoms with Crippen LogP contribution in [0.2, 0.25) is 0 Å². The van der Waals surface area contributed by atoms with E-state index in [1.807, 2.05) is 43.3 Å². The third-order valence-corrected chi connectivity index (χ3v) is 6.09. The molecule has 2 fully saturated rings. The number of carbonyl (C=O) groups excluding carboxylic acids is 1. The average Bonchev–Trinajstić information content (AvgIpc) is 3.48. The van der Waals surface area contributed by atoms with E-state index in [0.717, 1.165) is 53.6 Å². The number of ether oxygens (including phenoxy) is 1. The molecule has 5 heteroatoms. The van der Waals surface area contributed by atoms with Gasteiger partial charge in [0, 0.05) is 23.2 Å². The van der Waals surface area contributed by atoms with Crippen LogP contribution in [0.3, 0.4) is 0 Å². The Balaban J connectivity index is 1.38. The number of aromatic nitrogens is 1. The van der Waals surface area contributed by atoms with Gasteiger partial charge in [-0.3, -0.25) is 9.78 Å². The topological polar surface area (TPSA) is 63.2 Å². The number of hydrogen-bond donors (Lipinski definition) is 2. The Labute approximate surface area is 170 Å². The molecular formula is C24H25N3O2. The number of nitrogens with one attached hydrogen (secondary N) is 2. The molecule has 29 heavy (non-hydrogen) atoms. The molecule has 5 nitrogen and oxygen atoms in total. The lowest BCUT2D eigenvalue weighted by Gasteiger charge is -2.27. The summed E-state index contributed by atoms with van der Waals surface area (Å²) in [6.45, 7) is 3.66. The lowest BCUT2D eigenvalue weighted by molar-refractivity contribution is 0.0930. The molecule has 1 saturated heterocycles. The molecule has 0 radical (unpaired) electrons. The zero-order chi connectivity index (χ0) is 19.8. The molecule has 148 valence electrons. The summed E-state index contributed by atoms with van der Waals surface area (Å²) in [6.07, 6.45) is 4.82. The van der Waals surface area contributed by atoms with Crippen LogP contribution in [0.15, 0.2) is 54.7 Å². The molecule has 2 N–H and O–H groups in total. The second-order valence-electron chi connectivity index (χ2n) is 8.14. The first-order valence-corrected chi connectivity index (χ1v) is 10.3. The molecule has 2 aliphatic rings. The van der Waals surface area contributed by atoms with Crippen molar-refractivity contribution in [1.29, 1.82) is 0 Å². The first-order chi connectivity index (χ1) is 14.1. The van der Waals surface area contributed by atoms with Gasteiger partial charge in [-0.05, 0) is 68.1 Å². The van der Waals surface area contributed by atoms with Crippen LogP contribution >= 0.6 is 0 Å². The van der Waals surface area contributed by atoms with Crippen molar-refractivity contribution in [2.75, 3.05) is 13.2 Å². The molecule has 0 unspecified atom stereocenters. The van der Waals surface area contributed by atoms with E-state index in [1.54, 1.807) is 6.20 Å². The normalized spacial score (nSPS) is 19.4. The van der Waals surface area contributed by atoms with Crippen molar-refractivity contribution in [2.24, 2.45) is 0 Å². The number of rotatable bonds is 6. The maximum absolute atomic E-state index is 13.2. The Kier molecular flexibility index (Phi) is 4.47. The minimum atomic E-state index is -0.307. The lowest BCUT2D eigenvalue weighted by atomic mass is 9.98. The van der Waals surface area contributed by atoms with Crippen LogP contribution in [-0.4, -0.2) is 30.1 Å². The highest BCUT2D eigenvalue weighted by atomic mass is 16.5. The molecule has 1 aliphatic carbocycles. The fourth-order valence-electron chi connectivity index (χ4n) is 4.02. The molecular weight excluding hydrogens is 362 g/mol. The first kappa shape index (κ1) is 18.1. The summed E-state index contributed by atoms with van der Waals surface area (Å²) in [5.41, 5.74) is 3.43. The van der Waals surface area contributed by atoms with Gasteiger partial charge in [0.1, 0.15) is 12.4 Å². The summed E-state index contributed by atoms with van der Waals surface area (Å²) < 4.78 is 5.89. The minimum Gasteiger partial charge on any atom is -0.492 e. The van der Waals surface area contributed by atoms with Crippen LogP contribution < -0.4 is 15.4 Å². The van der Waals surface area contributed by atoms with Crippen LogP contribution in [-0.2, 0) is 5.54 Å². The van der Waals surface area contributed by atoms with E-state index in [2.05, 4.69) is 27.8 Å². The highest BCUT2D eigenvalue weighted by Crippen LogP contribution is 2.48.